The van der Waals surface area contributed by atoms with Gasteiger partial charge in [0.25, 0.3) is 5.91 Å². The van der Waals surface area contributed by atoms with E-state index in [1.165, 1.54) is 4.90 Å². The molecule has 1 aromatic rings. The van der Waals surface area contributed by atoms with Gasteiger partial charge in [0.05, 0.1) is 6.26 Å². The van der Waals surface area contributed by atoms with Crippen LogP contribution in [-0.2, 0) is 10.0 Å². The maximum atomic E-state index is 12.7. The van der Waals surface area contributed by atoms with E-state index in [-0.39, 0.29) is 44.2 Å². The zero-order valence-electron chi connectivity index (χ0n) is 15.0. The van der Waals surface area contributed by atoms with Gasteiger partial charge in [-0.1, -0.05) is 6.07 Å². The van der Waals surface area contributed by atoms with Crippen LogP contribution in [0.4, 0.5) is 18.9 Å². The summed E-state index contributed by atoms with van der Waals surface area (Å²) in [6.07, 6.45) is -3.55. The lowest BCUT2D eigenvalue weighted by Gasteiger charge is -2.37. The van der Waals surface area contributed by atoms with Crippen molar-refractivity contribution >= 4 is 34.0 Å². The highest BCUT2D eigenvalue weighted by Crippen LogP contribution is 2.26. The molecule has 154 valence electrons. The number of hydrogen-bond acceptors (Lipinski definition) is 4. The standard InChI is InChI=1S/C16H22F3N3O3S.ClH/c1-11-3-4-12(20)9-14(11)15(23)21-7-5-13(6-8-21)22(26(2,24)25)10-16(17,18)19;/h3-4,9,13H,5-8,10,20H2,1-2H3;1H. The molecule has 27 heavy (non-hydrogen) atoms. The van der Waals surface area contributed by atoms with Crippen molar-refractivity contribution < 1.29 is 26.4 Å². The molecule has 2 N–H and O–H groups in total. The van der Waals surface area contributed by atoms with Gasteiger partial charge >= 0.3 is 6.18 Å². The Morgan fingerprint density at radius 1 is 1.30 bits per heavy atom. The van der Waals surface area contributed by atoms with Gasteiger partial charge in [0.1, 0.15) is 6.54 Å². The summed E-state index contributed by atoms with van der Waals surface area (Å²) >= 11 is 0. The Bertz CT molecular complexity index is 779. The summed E-state index contributed by atoms with van der Waals surface area (Å²) in [5, 5.41) is 0. The van der Waals surface area contributed by atoms with Gasteiger partial charge in [0.2, 0.25) is 10.0 Å². The van der Waals surface area contributed by atoms with Crippen molar-refractivity contribution in [3.63, 3.8) is 0 Å². The average molecular weight is 430 g/mol. The summed E-state index contributed by atoms with van der Waals surface area (Å²) in [6, 6.07) is 4.19. The predicted octanol–water partition coefficient (Wildman–Crippen LogP) is 2.43. The lowest BCUT2D eigenvalue weighted by atomic mass is 10.0. The monoisotopic (exact) mass is 429 g/mol. The third-order valence-corrected chi connectivity index (χ3v) is 5.69. The minimum absolute atomic E-state index is 0. The van der Waals surface area contributed by atoms with Gasteiger partial charge in [-0.3, -0.25) is 4.79 Å². The first-order chi connectivity index (χ1) is 11.9. The van der Waals surface area contributed by atoms with E-state index < -0.39 is 28.8 Å². The lowest BCUT2D eigenvalue weighted by molar-refractivity contribution is -0.140. The molecule has 1 aliphatic heterocycles. The summed E-state index contributed by atoms with van der Waals surface area (Å²) in [6.45, 7) is 0.621. The Balaban J connectivity index is 0.00000364. The fourth-order valence-electron chi connectivity index (χ4n) is 3.09. The fraction of sp³-hybridized carbons (Fsp3) is 0.562. The summed E-state index contributed by atoms with van der Waals surface area (Å²) in [4.78, 5) is 14.2. The van der Waals surface area contributed by atoms with E-state index in [1.807, 2.05) is 0 Å². The van der Waals surface area contributed by atoms with Gasteiger partial charge in [-0.15, -0.1) is 12.4 Å². The lowest BCUT2D eigenvalue weighted by Crippen LogP contribution is -2.51. The summed E-state index contributed by atoms with van der Waals surface area (Å²) in [5.74, 6) is -0.255. The van der Waals surface area contributed by atoms with Crippen molar-refractivity contribution in [3.8, 4) is 0 Å². The third kappa shape index (κ3) is 6.25. The number of alkyl halides is 3. The molecule has 6 nitrogen and oxygen atoms in total. The second-order valence-electron chi connectivity index (χ2n) is 6.52. The van der Waals surface area contributed by atoms with Crippen LogP contribution in [0.15, 0.2) is 18.2 Å². The number of nitrogens with two attached hydrogens (primary N) is 1. The molecule has 0 saturated carbocycles. The van der Waals surface area contributed by atoms with Crippen LogP contribution in [0, 0.1) is 6.92 Å². The van der Waals surface area contributed by atoms with Crippen LogP contribution in [0.1, 0.15) is 28.8 Å². The third-order valence-electron chi connectivity index (χ3n) is 4.41. The zero-order valence-corrected chi connectivity index (χ0v) is 16.6. The highest BCUT2D eigenvalue weighted by Gasteiger charge is 2.40. The first-order valence-electron chi connectivity index (χ1n) is 8.07. The number of carbonyl (C=O) groups is 1. The first kappa shape index (κ1) is 23.5. The van der Waals surface area contributed by atoms with E-state index in [4.69, 9.17) is 5.73 Å². The normalized spacial score (nSPS) is 16.3. The van der Waals surface area contributed by atoms with Crippen molar-refractivity contribution in [2.45, 2.75) is 32.0 Å². The van der Waals surface area contributed by atoms with Crippen LogP contribution in [0.5, 0.6) is 0 Å². The number of amides is 1. The van der Waals surface area contributed by atoms with E-state index in [9.17, 15) is 26.4 Å². The van der Waals surface area contributed by atoms with E-state index in [1.54, 1.807) is 25.1 Å². The number of piperidine rings is 1. The van der Waals surface area contributed by atoms with Gasteiger partial charge in [-0.2, -0.15) is 17.5 Å². The molecule has 1 heterocycles. The maximum Gasteiger partial charge on any atom is 0.402 e. The molecule has 1 fully saturated rings. The molecule has 0 bridgehead atoms. The van der Waals surface area contributed by atoms with Gasteiger partial charge < -0.3 is 10.6 Å². The summed E-state index contributed by atoms with van der Waals surface area (Å²) < 4.78 is 62.2. The van der Waals surface area contributed by atoms with Gasteiger partial charge in [-0.25, -0.2) is 8.42 Å². The first-order valence-corrected chi connectivity index (χ1v) is 9.92. The Hall–Kier alpha value is -1.52. The molecule has 0 atom stereocenters. The van der Waals surface area contributed by atoms with Crippen molar-refractivity contribution in [1.82, 2.24) is 9.21 Å². The van der Waals surface area contributed by atoms with Crippen LogP contribution in [0.3, 0.4) is 0 Å². The van der Waals surface area contributed by atoms with E-state index in [2.05, 4.69) is 0 Å². The number of halogens is 4. The van der Waals surface area contributed by atoms with Crippen LogP contribution < -0.4 is 5.73 Å². The molecular weight excluding hydrogens is 407 g/mol. The molecular formula is C16H23ClF3N3O3S. The number of sulfonamides is 1. The molecule has 1 aliphatic rings. The molecule has 1 saturated heterocycles. The van der Waals surface area contributed by atoms with Gasteiger partial charge in [0.15, 0.2) is 0 Å². The number of benzene rings is 1. The van der Waals surface area contributed by atoms with Gasteiger partial charge in [-0.05, 0) is 37.5 Å². The maximum absolute atomic E-state index is 12.7. The predicted molar refractivity (Wildman–Crippen MR) is 99.4 cm³/mol. The van der Waals surface area contributed by atoms with E-state index in [0.717, 1.165) is 11.8 Å². The highest BCUT2D eigenvalue weighted by atomic mass is 35.5. The molecule has 0 aliphatic carbocycles. The molecule has 0 aromatic heterocycles. The van der Waals surface area contributed by atoms with Crippen LogP contribution in [0.25, 0.3) is 0 Å². The topological polar surface area (TPSA) is 83.7 Å². The highest BCUT2D eigenvalue weighted by molar-refractivity contribution is 7.88. The number of carbonyl (C=O) groups excluding carboxylic acids is 1. The number of nitrogen functional groups attached to an aromatic ring is 1. The Morgan fingerprint density at radius 3 is 2.33 bits per heavy atom. The van der Waals surface area contributed by atoms with Crippen molar-refractivity contribution in [2.75, 3.05) is 31.6 Å². The molecule has 11 heteroatoms. The van der Waals surface area contributed by atoms with E-state index in [0.29, 0.717) is 15.6 Å². The number of nitrogens with zero attached hydrogens (tertiary/aromatic N) is 2. The van der Waals surface area contributed by atoms with Crippen LogP contribution in [0.2, 0.25) is 0 Å². The molecule has 0 unspecified atom stereocenters. The Kier molecular flexibility index (Phi) is 7.54. The van der Waals surface area contributed by atoms with Crippen LogP contribution >= 0.6 is 12.4 Å². The van der Waals surface area contributed by atoms with Crippen molar-refractivity contribution in [3.05, 3.63) is 29.3 Å². The quantitative estimate of drug-likeness (QED) is 0.745. The second kappa shape index (κ2) is 8.66. The Labute approximate surface area is 163 Å². The largest absolute Gasteiger partial charge is 0.402 e. The number of likely N-dealkylation sites (tertiary alicyclic amines) is 1. The van der Waals surface area contributed by atoms with Crippen LogP contribution in [-0.4, -0.2) is 61.6 Å². The number of anilines is 1. The number of rotatable bonds is 4. The minimum atomic E-state index is -4.62. The molecule has 1 aromatic carbocycles. The summed E-state index contributed by atoms with van der Waals surface area (Å²) in [5.41, 5.74) is 7.35. The van der Waals surface area contributed by atoms with Crippen molar-refractivity contribution in [1.29, 1.82) is 0 Å². The zero-order chi connectivity index (χ0) is 19.7. The molecule has 1 amide bonds. The second-order valence-corrected chi connectivity index (χ2v) is 8.46. The van der Waals surface area contributed by atoms with Gasteiger partial charge in [0, 0.05) is 30.4 Å². The average Bonchev–Trinajstić information content (AvgIpc) is 2.53. The SMILES string of the molecule is Cc1ccc(N)cc1C(=O)N1CCC(N(CC(F)(F)F)S(C)(=O)=O)CC1.Cl. The molecule has 0 radical (unpaired) electrons. The number of hydrogen-bond donors (Lipinski definition) is 1. The Morgan fingerprint density at radius 2 is 1.85 bits per heavy atom. The fourth-order valence-corrected chi connectivity index (χ4v) is 4.22. The smallest absolute Gasteiger partial charge is 0.399 e. The number of aryl methyl sites for hydroxylation is 1. The minimum Gasteiger partial charge on any atom is -0.399 e. The van der Waals surface area contributed by atoms with Crippen molar-refractivity contribution in [2.24, 2.45) is 0 Å². The summed E-state index contributed by atoms with van der Waals surface area (Å²) in [7, 11) is -4.01. The van der Waals surface area contributed by atoms with E-state index >= 15 is 0 Å². The molecule has 0 spiro atoms. The molecule has 2 rings (SSSR count).